The van der Waals surface area contributed by atoms with Crippen molar-refractivity contribution < 1.29 is 9.59 Å². The number of rotatable bonds is 8. The van der Waals surface area contributed by atoms with Crippen molar-refractivity contribution in [3.8, 4) is 0 Å². The molecule has 2 rings (SSSR count). The summed E-state index contributed by atoms with van der Waals surface area (Å²) in [7, 11) is 3.90. The highest BCUT2D eigenvalue weighted by molar-refractivity contribution is 7.09. The Balaban J connectivity index is 1.97. The monoisotopic (exact) mass is 389 g/mol. The van der Waals surface area contributed by atoms with Crippen LogP contribution in [0.3, 0.4) is 0 Å². The van der Waals surface area contributed by atoms with E-state index >= 15 is 0 Å². The first-order valence-electron chi connectivity index (χ1n) is 8.87. The highest BCUT2D eigenvalue weighted by atomic mass is 32.1. The van der Waals surface area contributed by atoms with Crippen LogP contribution in [-0.4, -0.2) is 59.9 Å². The molecule has 1 aromatic carbocycles. The zero-order valence-electron chi connectivity index (χ0n) is 16.2. The van der Waals surface area contributed by atoms with Crippen LogP contribution in [0.5, 0.6) is 0 Å². The molecule has 7 nitrogen and oxygen atoms in total. The van der Waals surface area contributed by atoms with E-state index in [9.17, 15) is 9.59 Å². The Morgan fingerprint density at radius 1 is 1.19 bits per heavy atom. The van der Waals surface area contributed by atoms with E-state index in [4.69, 9.17) is 0 Å². The van der Waals surface area contributed by atoms with Crippen LogP contribution in [0.15, 0.2) is 35.7 Å². The van der Waals surface area contributed by atoms with E-state index in [1.54, 1.807) is 10.3 Å². The molecule has 3 amide bonds. The van der Waals surface area contributed by atoms with Crippen molar-refractivity contribution >= 4 is 29.0 Å². The van der Waals surface area contributed by atoms with Crippen molar-refractivity contribution in [2.75, 3.05) is 32.5 Å². The normalized spacial score (nSPS) is 10.9. The molecule has 0 unspecified atom stereocenters. The molecule has 0 bridgehead atoms. The highest BCUT2D eigenvalue weighted by Crippen LogP contribution is 2.16. The third kappa shape index (κ3) is 6.65. The Hall–Kier alpha value is -2.45. The molecule has 0 spiro atoms. The smallest absolute Gasteiger partial charge is 0.322 e. The van der Waals surface area contributed by atoms with Crippen LogP contribution < -0.4 is 10.6 Å². The maximum atomic E-state index is 12.6. The van der Waals surface area contributed by atoms with Gasteiger partial charge in [-0.3, -0.25) is 4.79 Å². The number of amides is 3. The molecule has 0 saturated carbocycles. The third-order valence-corrected chi connectivity index (χ3v) is 4.68. The Morgan fingerprint density at radius 3 is 2.52 bits per heavy atom. The second kappa shape index (κ2) is 10.0. The number of hydrogen-bond acceptors (Lipinski definition) is 5. The lowest BCUT2D eigenvalue weighted by Gasteiger charge is -2.26. The number of para-hydroxylation sites is 1. The molecule has 8 heteroatoms. The minimum Gasteiger partial charge on any atom is -0.349 e. The van der Waals surface area contributed by atoms with Crippen LogP contribution in [0, 0.1) is 0 Å². The van der Waals surface area contributed by atoms with Crippen LogP contribution in [0.25, 0.3) is 0 Å². The predicted molar refractivity (Wildman–Crippen MR) is 109 cm³/mol. The summed E-state index contributed by atoms with van der Waals surface area (Å²) in [5.41, 5.74) is 1.13. The number of thiazole rings is 1. The van der Waals surface area contributed by atoms with Crippen LogP contribution >= 0.6 is 11.3 Å². The van der Waals surface area contributed by atoms with E-state index in [1.807, 2.05) is 63.2 Å². The van der Waals surface area contributed by atoms with Gasteiger partial charge >= 0.3 is 6.03 Å². The number of nitrogens with one attached hydrogen (secondary N) is 2. The second-order valence-electron chi connectivity index (χ2n) is 6.70. The summed E-state index contributed by atoms with van der Waals surface area (Å²) in [5.74, 6) is -0.191. The van der Waals surface area contributed by atoms with Crippen LogP contribution in [0.1, 0.15) is 29.3 Å². The molecular weight excluding hydrogens is 362 g/mol. The summed E-state index contributed by atoms with van der Waals surface area (Å²) in [5, 5.41) is 8.19. The van der Waals surface area contributed by atoms with Crippen molar-refractivity contribution in [1.82, 2.24) is 20.1 Å². The van der Waals surface area contributed by atoms with Gasteiger partial charge in [-0.15, -0.1) is 11.3 Å². The molecule has 27 heavy (non-hydrogen) atoms. The van der Waals surface area contributed by atoms with Crippen molar-refractivity contribution in [3.05, 3.63) is 46.4 Å². The van der Waals surface area contributed by atoms with Crippen LogP contribution in [-0.2, 0) is 6.54 Å². The summed E-state index contributed by atoms with van der Waals surface area (Å²) in [6, 6.07) is 9.13. The van der Waals surface area contributed by atoms with Gasteiger partial charge in [0.15, 0.2) is 0 Å². The van der Waals surface area contributed by atoms with Gasteiger partial charge in [-0.2, -0.15) is 0 Å². The third-order valence-electron chi connectivity index (χ3n) is 3.84. The molecule has 2 N–H and O–H groups in total. The Morgan fingerprint density at radius 2 is 1.89 bits per heavy atom. The summed E-state index contributed by atoms with van der Waals surface area (Å²) in [6.45, 7) is 5.59. The number of likely N-dealkylation sites (N-methyl/N-ethyl adjacent to an activating group) is 1. The number of urea groups is 1. The maximum Gasteiger partial charge on any atom is 0.322 e. The largest absolute Gasteiger partial charge is 0.349 e. The zero-order chi connectivity index (χ0) is 19.8. The van der Waals surface area contributed by atoms with Gasteiger partial charge in [-0.1, -0.05) is 18.2 Å². The SMILES string of the molecule is CC(C)N(Cc1nc(C(=O)NCCN(C)C)cs1)C(=O)Nc1ccccc1. The highest BCUT2D eigenvalue weighted by Gasteiger charge is 2.20. The number of hydrogen-bond donors (Lipinski definition) is 2. The fourth-order valence-corrected chi connectivity index (χ4v) is 3.09. The minimum atomic E-state index is -0.191. The Kier molecular flexibility index (Phi) is 7.75. The summed E-state index contributed by atoms with van der Waals surface area (Å²) in [6.07, 6.45) is 0. The van der Waals surface area contributed by atoms with Crippen LogP contribution in [0.4, 0.5) is 10.5 Å². The number of carbonyl (C=O) groups excluding carboxylic acids is 2. The van der Waals surface area contributed by atoms with Crippen molar-refractivity contribution in [2.45, 2.75) is 26.4 Å². The van der Waals surface area contributed by atoms with Crippen molar-refractivity contribution in [2.24, 2.45) is 0 Å². The molecule has 0 aliphatic heterocycles. The Bertz CT molecular complexity index is 746. The number of anilines is 1. The first kappa shape index (κ1) is 20.9. The molecule has 0 aliphatic carbocycles. The fourth-order valence-electron chi connectivity index (χ4n) is 2.32. The van der Waals surface area contributed by atoms with Gasteiger partial charge in [-0.25, -0.2) is 9.78 Å². The van der Waals surface area contributed by atoms with E-state index in [1.165, 1.54) is 11.3 Å². The van der Waals surface area contributed by atoms with E-state index in [-0.39, 0.29) is 18.0 Å². The topological polar surface area (TPSA) is 77.6 Å². The molecular formula is C19H27N5O2S. The van der Waals surface area contributed by atoms with E-state index < -0.39 is 0 Å². The van der Waals surface area contributed by atoms with Crippen molar-refractivity contribution in [3.63, 3.8) is 0 Å². The molecule has 146 valence electrons. The number of nitrogens with zero attached hydrogens (tertiary/aromatic N) is 3. The van der Waals surface area contributed by atoms with E-state index in [2.05, 4.69) is 15.6 Å². The standard InChI is InChI=1S/C19H27N5O2S/c1-14(2)24(19(26)21-15-8-6-5-7-9-15)12-17-22-16(13-27-17)18(25)20-10-11-23(3)4/h5-9,13-14H,10-12H2,1-4H3,(H,20,25)(H,21,26). The molecule has 0 saturated heterocycles. The predicted octanol–water partition coefficient (Wildman–Crippen LogP) is 2.88. The maximum absolute atomic E-state index is 12.6. The van der Waals surface area contributed by atoms with Crippen molar-refractivity contribution in [1.29, 1.82) is 0 Å². The summed E-state index contributed by atoms with van der Waals surface area (Å²) >= 11 is 1.38. The Labute approximate surface area is 164 Å². The van der Waals surface area contributed by atoms with E-state index in [0.717, 1.165) is 17.2 Å². The number of benzene rings is 1. The average molecular weight is 390 g/mol. The molecule has 0 radical (unpaired) electrons. The van der Waals surface area contributed by atoms with E-state index in [0.29, 0.717) is 18.8 Å². The van der Waals surface area contributed by atoms with Gasteiger partial charge in [0, 0.05) is 30.2 Å². The minimum absolute atomic E-state index is 0.00465. The average Bonchev–Trinajstić information content (AvgIpc) is 3.08. The molecule has 0 aliphatic rings. The van der Waals surface area contributed by atoms with Gasteiger partial charge < -0.3 is 20.4 Å². The summed E-state index contributed by atoms with van der Waals surface area (Å²) < 4.78 is 0. The quantitative estimate of drug-likeness (QED) is 0.728. The molecule has 2 aromatic rings. The van der Waals surface area contributed by atoms with Crippen LogP contribution in [0.2, 0.25) is 0 Å². The summed E-state index contributed by atoms with van der Waals surface area (Å²) in [4.78, 5) is 32.9. The molecule has 1 aromatic heterocycles. The van der Waals surface area contributed by atoms with Gasteiger partial charge in [0.1, 0.15) is 10.7 Å². The second-order valence-corrected chi connectivity index (χ2v) is 7.65. The lowest BCUT2D eigenvalue weighted by molar-refractivity contribution is 0.0946. The van der Waals surface area contributed by atoms with Gasteiger partial charge in [-0.05, 0) is 40.1 Å². The number of aromatic nitrogens is 1. The van der Waals surface area contributed by atoms with Gasteiger partial charge in [0.05, 0.1) is 6.54 Å². The zero-order valence-corrected chi connectivity index (χ0v) is 17.0. The lowest BCUT2D eigenvalue weighted by atomic mass is 10.3. The molecule has 0 fully saturated rings. The molecule has 1 heterocycles. The number of carbonyl (C=O) groups is 2. The lowest BCUT2D eigenvalue weighted by Crippen LogP contribution is -2.39. The first-order valence-corrected chi connectivity index (χ1v) is 9.74. The fraction of sp³-hybridized carbons (Fsp3) is 0.421. The first-order chi connectivity index (χ1) is 12.9. The molecule has 0 atom stereocenters. The van der Waals surface area contributed by atoms with Gasteiger partial charge in [0.2, 0.25) is 0 Å². The van der Waals surface area contributed by atoms with Gasteiger partial charge in [0.25, 0.3) is 5.91 Å².